The normalized spacial score (nSPS) is 15.5. The number of nitrogens with zero attached hydrogens (tertiary/aromatic N) is 3. The van der Waals surface area contributed by atoms with Crippen LogP contribution >= 0.6 is 0 Å². The van der Waals surface area contributed by atoms with E-state index in [1.165, 1.54) is 0 Å². The van der Waals surface area contributed by atoms with E-state index >= 15 is 0 Å². The van der Waals surface area contributed by atoms with Gasteiger partial charge >= 0.3 is 0 Å². The Balaban J connectivity index is 1.44. The van der Waals surface area contributed by atoms with Crippen LogP contribution in [0, 0.1) is 0 Å². The molecule has 1 aromatic heterocycles. The number of benzene rings is 1. The fraction of sp³-hybridized carbons (Fsp3) is 0.412. The average molecular weight is 314 g/mol. The summed E-state index contributed by atoms with van der Waals surface area (Å²) in [5.41, 5.74) is 1.39. The highest BCUT2D eigenvalue weighted by Crippen LogP contribution is 2.06. The molecule has 1 aromatic carbocycles. The van der Waals surface area contributed by atoms with Gasteiger partial charge in [-0.3, -0.25) is 9.69 Å². The van der Waals surface area contributed by atoms with Gasteiger partial charge in [0.2, 0.25) is 0 Å². The van der Waals surface area contributed by atoms with Crippen LogP contribution in [0.4, 0.5) is 0 Å². The summed E-state index contributed by atoms with van der Waals surface area (Å²) in [6.45, 7) is 5.23. The van der Waals surface area contributed by atoms with Crippen LogP contribution in [0.3, 0.4) is 0 Å². The molecular formula is C17H22N4O2. The Hall–Kier alpha value is -2.18. The molecule has 0 radical (unpaired) electrons. The lowest BCUT2D eigenvalue weighted by atomic mass is 10.3. The number of para-hydroxylation sites is 1. The molecule has 1 N–H and O–H groups in total. The molecule has 1 amide bonds. The van der Waals surface area contributed by atoms with Gasteiger partial charge in [-0.15, -0.1) is 0 Å². The third-order valence-corrected chi connectivity index (χ3v) is 3.88. The van der Waals surface area contributed by atoms with Crippen LogP contribution in [0.2, 0.25) is 0 Å². The summed E-state index contributed by atoms with van der Waals surface area (Å²) in [6.07, 6.45) is 2.74. The first kappa shape index (κ1) is 15.7. The Kier molecular flexibility index (Phi) is 5.39. The second kappa shape index (κ2) is 7.89. The van der Waals surface area contributed by atoms with Crippen molar-refractivity contribution in [3.8, 4) is 5.69 Å². The summed E-state index contributed by atoms with van der Waals surface area (Å²) in [4.78, 5) is 14.5. The molecule has 0 aliphatic carbocycles. The summed E-state index contributed by atoms with van der Waals surface area (Å²) in [7, 11) is 0. The maximum atomic E-state index is 12.1. The predicted molar refractivity (Wildman–Crippen MR) is 87.8 cm³/mol. The third kappa shape index (κ3) is 4.40. The number of nitrogens with one attached hydrogen (secondary N) is 1. The van der Waals surface area contributed by atoms with E-state index in [0.717, 1.165) is 45.0 Å². The molecule has 6 nitrogen and oxygen atoms in total. The topological polar surface area (TPSA) is 59.4 Å². The number of rotatable bonds is 6. The molecule has 122 valence electrons. The number of hydrogen-bond acceptors (Lipinski definition) is 4. The lowest BCUT2D eigenvalue weighted by Gasteiger charge is -2.26. The smallest absolute Gasteiger partial charge is 0.271 e. The van der Waals surface area contributed by atoms with Crippen LogP contribution in [0.25, 0.3) is 5.69 Å². The minimum absolute atomic E-state index is 0.123. The Morgan fingerprint density at radius 1 is 1.17 bits per heavy atom. The Morgan fingerprint density at radius 3 is 2.74 bits per heavy atom. The SMILES string of the molecule is O=C(NCCCN1CCOCC1)c1ccn(-c2ccccc2)n1. The summed E-state index contributed by atoms with van der Waals surface area (Å²) in [5, 5.41) is 7.26. The van der Waals surface area contributed by atoms with E-state index in [0.29, 0.717) is 12.2 Å². The molecule has 2 aromatic rings. The number of aromatic nitrogens is 2. The second-order valence-corrected chi connectivity index (χ2v) is 5.54. The van der Waals surface area contributed by atoms with Crippen molar-refractivity contribution in [3.05, 3.63) is 48.3 Å². The number of hydrogen-bond donors (Lipinski definition) is 1. The Bertz CT molecular complexity index is 621. The zero-order chi connectivity index (χ0) is 15.9. The van der Waals surface area contributed by atoms with Crippen molar-refractivity contribution in [1.82, 2.24) is 20.0 Å². The molecule has 0 atom stereocenters. The minimum atomic E-state index is -0.123. The molecule has 0 spiro atoms. The van der Waals surface area contributed by atoms with Gasteiger partial charge in [0.05, 0.1) is 18.9 Å². The largest absolute Gasteiger partial charge is 0.379 e. The summed E-state index contributed by atoms with van der Waals surface area (Å²) in [6, 6.07) is 11.5. The lowest BCUT2D eigenvalue weighted by Crippen LogP contribution is -2.38. The zero-order valence-electron chi connectivity index (χ0n) is 13.1. The van der Waals surface area contributed by atoms with Gasteiger partial charge < -0.3 is 10.1 Å². The molecule has 0 saturated carbocycles. The highest BCUT2D eigenvalue weighted by molar-refractivity contribution is 5.92. The van der Waals surface area contributed by atoms with Crippen molar-refractivity contribution >= 4 is 5.91 Å². The maximum Gasteiger partial charge on any atom is 0.271 e. The highest BCUT2D eigenvalue weighted by atomic mass is 16.5. The predicted octanol–water partition coefficient (Wildman–Crippen LogP) is 1.32. The van der Waals surface area contributed by atoms with Crippen molar-refractivity contribution in [1.29, 1.82) is 0 Å². The summed E-state index contributed by atoms with van der Waals surface area (Å²) in [5.74, 6) is -0.123. The van der Waals surface area contributed by atoms with Crippen LogP contribution < -0.4 is 5.32 Å². The first-order valence-corrected chi connectivity index (χ1v) is 8.02. The monoisotopic (exact) mass is 314 g/mol. The number of ether oxygens (including phenoxy) is 1. The van der Waals surface area contributed by atoms with Gasteiger partial charge in [-0.05, 0) is 31.2 Å². The molecule has 1 aliphatic heterocycles. The van der Waals surface area contributed by atoms with Crippen molar-refractivity contribution in [3.63, 3.8) is 0 Å². The van der Waals surface area contributed by atoms with Crippen LogP contribution in [-0.2, 0) is 4.74 Å². The standard InChI is InChI=1S/C17H22N4O2/c22-17(18-8-4-9-20-11-13-23-14-12-20)16-7-10-21(19-16)15-5-2-1-3-6-15/h1-3,5-7,10H,4,8-9,11-14H2,(H,18,22). The number of morpholine rings is 1. The molecule has 23 heavy (non-hydrogen) atoms. The van der Waals surface area contributed by atoms with E-state index in [1.54, 1.807) is 16.9 Å². The van der Waals surface area contributed by atoms with Gasteiger partial charge in [0.25, 0.3) is 5.91 Å². The summed E-state index contributed by atoms with van der Waals surface area (Å²) < 4.78 is 7.03. The minimum Gasteiger partial charge on any atom is -0.379 e. The number of amides is 1. The Labute approximate surface area is 136 Å². The van der Waals surface area contributed by atoms with Crippen molar-refractivity contribution in [2.75, 3.05) is 39.4 Å². The zero-order valence-corrected chi connectivity index (χ0v) is 13.1. The quantitative estimate of drug-likeness (QED) is 0.817. The molecule has 1 aliphatic rings. The van der Waals surface area contributed by atoms with E-state index in [2.05, 4.69) is 15.3 Å². The van der Waals surface area contributed by atoms with Crippen LogP contribution in [0.15, 0.2) is 42.6 Å². The molecule has 0 bridgehead atoms. The molecular weight excluding hydrogens is 292 g/mol. The van der Waals surface area contributed by atoms with Crippen LogP contribution in [-0.4, -0.2) is 60.0 Å². The van der Waals surface area contributed by atoms with Crippen molar-refractivity contribution in [2.24, 2.45) is 0 Å². The van der Waals surface area contributed by atoms with Crippen LogP contribution in [0.5, 0.6) is 0 Å². The van der Waals surface area contributed by atoms with E-state index in [4.69, 9.17) is 4.74 Å². The molecule has 2 heterocycles. The molecule has 1 fully saturated rings. The van der Waals surface area contributed by atoms with E-state index in [-0.39, 0.29) is 5.91 Å². The summed E-state index contributed by atoms with van der Waals surface area (Å²) >= 11 is 0. The van der Waals surface area contributed by atoms with Gasteiger partial charge in [-0.25, -0.2) is 4.68 Å². The van der Waals surface area contributed by atoms with E-state index < -0.39 is 0 Å². The molecule has 0 unspecified atom stereocenters. The molecule has 3 rings (SSSR count). The molecule has 1 saturated heterocycles. The number of carbonyl (C=O) groups excluding carboxylic acids is 1. The van der Waals surface area contributed by atoms with Gasteiger partial charge in [-0.1, -0.05) is 18.2 Å². The lowest BCUT2D eigenvalue weighted by molar-refractivity contribution is 0.0374. The second-order valence-electron chi connectivity index (χ2n) is 5.54. The van der Waals surface area contributed by atoms with Gasteiger partial charge in [-0.2, -0.15) is 5.10 Å². The van der Waals surface area contributed by atoms with Gasteiger partial charge in [0.1, 0.15) is 0 Å². The van der Waals surface area contributed by atoms with Gasteiger partial charge in [0, 0.05) is 25.8 Å². The first-order chi connectivity index (χ1) is 11.3. The van der Waals surface area contributed by atoms with E-state index in [1.807, 2.05) is 30.3 Å². The average Bonchev–Trinajstić information content (AvgIpc) is 3.10. The van der Waals surface area contributed by atoms with E-state index in [9.17, 15) is 4.79 Å². The highest BCUT2D eigenvalue weighted by Gasteiger charge is 2.11. The molecule has 6 heteroatoms. The first-order valence-electron chi connectivity index (χ1n) is 8.02. The fourth-order valence-corrected chi connectivity index (χ4v) is 2.59. The Morgan fingerprint density at radius 2 is 1.96 bits per heavy atom. The maximum absolute atomic E-state index is 12.1. The van der Waals surface area contributed by atoms with Crippen LogP contribution in [0.1, 0.15) is 16.9 Å². The van der Waals surface area contributed by atoms with Crippen molar-refractivity contribution in [2.45, 2.75) is 6.42 Å². The fourth-order valence-electron chi connectivity index (χ4n) is 2.59. The van der Waals surface area contributed by atoms with Gasteiger partial charge in [0.15, 0.2) is 5.69 Å². The third-order valence-electron chi connectivity index (χ3n) is 3.88. The van der Waals surface area contributed by atoms with Crippen molar-refractivity contribution < 1.29 is 9.53 Å². The number of carbonyl (C=O) groups is 1.